The zero-order valence-corrected chi connectivity index (χ0v) is 24.6. The van der Waals surface area contributed by atoms with Crippen molar-refractivity contribution in [2.45, 2.75) is 25.6 Å². The number of phenols is 1. The Kier molecular flexibility index (Phi) is 8.51. The molecule has 1 spiro atoms. The Morgan fingerprint density at radius 2 is 1.78 bits per heavy atom. The second-order valence-electron chi connectivity index (χ2n) is 11.9. The average molecular weight is 638 g/mol. The molecule has 13 heteroatoms. The normalized spacial score (nSPS) is 18.2. The molecule has 1 atom stereocenters. The van der Waals surface area contributed by atoms with Gasteiger partial charge < -0.3 is 19.8 Å². The minimum atomic E-state index is -4.78. The molecule has 1 aromatic heterocycles. The Labute approximate surface area is 261 Å². The van der Waals surface area contributed by atoms with Gasteiger partial charge in [-0.1, -0.05) is 47.6 Å². The van der Waals surface area contributed by atoms with E-state index < -0.39 is 23.8 Å². The number of halogens is 4. The summed E-state index contributed by atoms with van der Waals surface area (Å²) in [5, 5.41) is 15.8. The predicted octanol–water partition coefficient (Wildman–Crippen LogP) is 5.38. The average Bonchev–Trinajstić information content (AvgIpc) is 3.66. The van der Waals surface area contributed by atoms with Crippen LogP contribution < -0.4 is 5.32 Å². The van der Waals surface area contributed by atoms with E-state index in [9.17, 15) is 32.3 Å². The second-order valence-corrected chi connectivity index (χ2v) is 11.9. The van der Waals surface area contributed by atoms with Crippen LogP contribution in [0, 0.1) is 17.2 Å². The van der Waals surface area contributed by atoms with Gasteiger partial charge in [-0.25, -0.2) is 4.39 Å². The molecule has 1 unspecified atom stereocenters. The summed E-state index contributed by atoms with van der Waals surface area (Å²) < 4.78 is 57.5. The maximum Gasteiger partial charge on any atom is 0.471 e. The highest BCUT2D eigenvalue weighted by molar-refractivity contribution is 5.95. The van der Waals surface area contributed by atoms with Crippen molar-refractivity contribution in [1.29, 1.82) is 0 Å². The molecule has 0 aliphatic carbocycles. The van der Waals surface area contributed by atoms with Crippen LogP contribution in [0.4, 0.5) is 17.6 Å². The molecule has 0 bridgehead atoms. The molecule has 0 radical (unpaired) electrons. The molecule has 2 aliphatic heterocycles. The summed E-state index contributed by atoms with van der Waals surface area (Å²) in [5.74, 6) is -3.59. The van der Waals surface area contributed by atoms with Crippen LogP contribution in [0.15, 0.2) is 77.3 Å². The summed E-state index contributed by atoms with van der Waals surface area (Å²) in [6.45, 7) is 3.38. The van der Waals surface area contributed by atoms with E-state index in [1.54, 1.807) is 17.0 Å². The van der Waals surface area contributed by atoms with Gasteiger partial charge in [0.15, 0.2) is 0 Å². The predicted molar refractivity (Wildman–Crippen MR) is 158 cm³/mol. The molecule has 4 aromatic rings. The van der Waals surface area contributed by atoms with E-state index in [2.05, 4.69) is 37.0 Å². The van der Waals surface area contributed by atoms with Crippen LogP contribution in [-0.4, -0.2) is 69.6 Å². The summed E-state index contributed by atoms with van der Waals surface area (Å²) >= 11 is 0. The third kappa shape index (κ3) is 6.59. The topological polar surface area (TPSA) is 112 Å². The maximum absolute atomic E-state index is 14.4. The highest BCUT2D eigenvalue weighted by Gasteiger charge is 2.48. The minimum Gasteiger partial charge on any atom is -0.508 e. The van der Waals surface area contributed by atoms with Crippen molar-refractivity contribution < 1.29 is 36.8 Å². The summed E-state index contributed by atoms with van der Waals surface area (Å²) in [6, 6.07) is 19.6. The SMILES string of the molecule is O=C(NCC1CN(Cc2ccccc2)CC12CCN(C(=O)c1cccc(-c3noc(C(F)(F)F)n3)c1)CC2)c1ccc(O)cc1F. The Morgan fingerprint density at radius 1 is 1.02 bits per heavy atom. The molecule has 3 aromatic carbocycles. The van der Waals surface area contributed by atoms with E-state index in [1.807, 2.05) is 18.2 Å². The van der Waals surface area contributed by atoms with Crippen molar-refractivity contribution in [1.82, 2.24) is 25.3 Å². The van der Waals surface area contributed by atoms with Crippen LogP contribution in [0.3, 0.4) is 0 Å². The lowest BCUT2D eigenvalue weighted by molar-refractivity contribution is -0.159. The highest BCUT2D eigenvalue weighted by atomic mass is 19.4. The van der Waals surface area contributed by atoms with Crippen LogP contribution in [0.25, 0.3) is 11.4 Å². The summed E-state index contributed by atoms with van der Waals surface area (Å²) in [7, 11) is 0. The number of hydrogen-bond donors (Lipinski definition) is 2. The van der Waals surface area contributed by atoms with Crippen LogP contribution in [0.1, 0.15) is 45.0 Å². The number of aromatic hydroxyl groups is 1. The lowest BCUT2D eigenvalue weighted by Gasteiger charge is -2.43. The molecule has 46 heavy (non-hydrogen) atoms. The fourth-order valence-corrected chi connectivity index (χ4v) is 6.54. The number of piperidine rings is 1. The van der Waals surface area contributed by atoms with Gasteiger partial charge in [-0.3, -0.25) is 14.5 Å². The third-order valence-electron chi connectivity index (χ3n) is 8.92. The van der Waals surface area contributed by atoms with Crippen molar-refractivity contribution in [3.05, 3.63) is 101 Å². The number of rotatable bonds is 7. The monoisotopic (exact) mass is 637 g/mol. The molecule has 3 heterocycles. The Bertz CT molecular complexity index is 1720. The number of nitrogens with one attached hydrogen (secondary N) is 1. The summed E-state index contributed by atoms with van der Waals surface area (Å²) in [4.78, 5) is 33.9. The zero-order valence-electron chi connectivity index (χ0n) is 24.6. The lowest BCUT2D eigenvalue weighted by Crippen LogP contribution is -2.48. The number of phenolic OH excluding ortho intramolecular Hbond substituents is 1. The summed E-state index contributed by atoms with van der Waals surface area (Å²) in [6.07, 6.45) is -3.45. The van der Waals surface area contributed by atoms with Crippen molar-refractivity contribution in [2.24, 2.45) is 11.3 Å². The molecule has 2 N–H and O–H groups in total. The number of nitrogens with zero attached hydrogens (tertiary/aromatic N) is 4. The molecular formula is C33H31F4N5O4. The molecule has 9 nitrogen and oxygen atoms in total. The first-order chi connectivity index (χ1) is 22.0. The van der Waals surface area contributed by atoms with Crippen molar-refractivity contribution in [3.63, 3.8) is 0 Å². The fourth-order valence-electron chi connectivity index (χ4n) is 6.54. The molecule has 2 saturated heterocycles. The van der Waals surface area contributed by atoms with E-state index in [0.29, 0.717) is 44.6 Å². The van der Waals surface area contributed by atoms with E-state index in [4.69, 9.17) is 0 Å². The van der Waals surface area contributed by atoms with Gasteiger partial charge in [0.25, 0.3) is 11.8 Å². The molecular weight excluding hydrogens is 606 g/mol. The number of alkyl halides is 3. The van der Waals surface area contributed by atoms with Crippen LogP contribution >= 0.6 is 0 Å². The van der Waals surface area contributed by atoms with Gasteiger partial charge in [0.05, 0.1) is 5.56 Å². The number of hydrogen-bond acceptors (Lipinski definition) is 7. The Hall–Kier alpha value is -4.78. The molecule has 0 saturated carbocycles. The quantitative estimate of drug-likeness (QED) is 0.262. The number of carbonyl (C=O) groups is 2. The standard InChI is InChI=1S/C33H31F4N5O4/c34-27-16-25(43)9-10-26(27)29(44)38-17-24-19-41(18-21-5-2-1-3-6-21)20-32(24)11-13-42(14-12-32)30(45)23-8-4-7-22(15-23)28-39-31(46-40-28)33(35,36)37/h1-10,15-16,24,43H,11-14,17-20H2,(H,38,44). The number of benzene rings is 3. The molecule has 240 valence electrons. The van der Waals surface area contributed by atoms with Gasteiger partial charge in [-0.15, -0.1) is 0 Å². The number of carbonyl (C=O) groups excluding carboxylic acids is 2. The lowest BCUT2D eigenvalue weighted by atomic mass is 9.70. The van der Waals surface area contributed by atoms with Crippen molar-refractivity contribution >= 4 is 11.8 Å². The first-order valence-electron chi connectivity index (χ1n) is 14.8. The summed E-state index contributed by atoms with van der Waals surface area (Å²) in [5.41, 5.74) is 1.32. The first-order valence-corrected chi connectivity index (χ1v) is 14.8. The minimum absolute atomic E-state index is 0.0296. The van der Waals surface area contributed by atoms with Crippen molar-refractivity contribution in [3.8, 4) is 17.1 Å². The maximum atomic E-state index is 14.4. The number of amides is 2. The highest BCUT2D eigenvalue weighted by Crippen LogP contribution is 2.45. The third-order valence-corrected chi connectivity index (χ3v) is 8.92. The Morgan fingerprint density at radius 3 is 2.48 bits per heavy atom. The van der Waals surface area contributed by atoms with Crippen LogP contribution in [0.5, 0.6) is 5.75 Å². The number of aromatic nitrogens is 2. The van der Waals surface area contributed by atoms with E-state index in [0.717, 1.165) is 24.7 Å². The van der Waals surface area contributed by atoms with Gasteiger partial charge in [-0.2, -0.15) is 18.2 Å². The number of likely N-dealkylation sites (tertiary alicyclic amines) is 2. The van der Waals surface area contributed by atoms with Gasteiger partial charge in [0.1, 0.15) is 11.6 Å². The van der Waals surface area contributed by atoms with Gasteiger partial charge in [0.2, 0.25) is 5.82 Å². The van der Waals surface area contributed by atoms with Gasteiger partial charge >= 0.3 is 12.1 Å². The molecule has 6 rings (SSSR count). The van der Waals surface area contributed by atoms with Crippen LogP contribution in [0.2, 0.25) is 0 Å². The molecule has 2 amide bonds. The van der Waals surface area contributed by atoms with Gasteiger partial charge in [-0.05, 0) is 54.0 Å². The van der Waals surface area contributed by atoms with E-state index >= 15 is 0 Å². The second kappa shape index (κ2) is 12.5. The van der Waals surface area contributed by atoms with E-state index in [-0.39, 0.29) is 39.9 Å². The van der Waals surface area contributed by atoms with Gasteiger partial charge in [0, 0.05) is 56.5 Å². The largest absolute Gasteiger partial charge is 0.508 e. The van der Waals surface area contributed by atoms with Crippen LogP contribution in [-0.2, 0) is 12.7 Å². The fraction of sp³-hybridized carbons (Fsp3) is 0.333. The van der Waals surface area contributed by atoms with E-state index in [1.165, 1.54) is 24.3 Å². The zero-order chi connectivity index (χ0) is 32.5. The molecule has 2 fully saturated rings. The van der Waals surface area contributed by atoms with Crippen molar-refractivity contribution in [2.75, 3.05) is 32.7 Å². The Balaban J connectivity index is 1.15. The first kappa shape index (κ1) is 31.2. The smallest absolute Gasteiger partial charge is 0.471 e. The molecule has 2 aliphatic rings.